The average Bonchev–Trinajstić information content (AvgIpc) is 2.92. The largest absolute Gasteiger partial charge is 0.397 e. The predicted octanol–water partition coefficient (Wildman–Crippen LogP) is 4.43. The number of rotatable bonds is 2. The molecule has 3 rings (SSSR count). The third-order valence-corrected chi connectivity index (χ3v) is 3.40. The first-order chi connectivity index (χ1) is 10.1. The summed E-state index contributed by atoms with van der Waals surface area (Å²) in [5.41, 5.74) is 6.78. The van der Waals surface area contributed by atoms with Gasteiger partial charge in [0.2, 0.25) is 5.82 Å². The molecular weight excluding hydrogens is 316 g/mol. The molecule has 2 N–H and O–H groups in total. The average molecular weight is 324 g/mol. The van der Waals surface area contributed by atoms with Crippen molar-refractivity contribution in [2.75, 3.05) is 5.73 Å². The number of nitrogens with two attached hydrogens (primary N) is 1. The molecule has 0 aliphatic carbocycles. The van der Waals surface area contributed by atoms with E-state index in [0.717, 1.165) is 0 Å². The summed E-state index contributed by atoms with van der Waals surface area (Å²) >= 11 is 11.9. The Bertz CT molecular complexity index is 820. The van der Waals surface area contributed by atoms with Crippen LogP contribution in [0.2, 0.25) is 10.0 Å². The summed E-state index contributed by atoms with van der Waals surface area (Å²) in [6, 6.07) is 9.19. The molecule has 0 unspecified atom stereocenters. The lowest BCUT2D eigenvalue weighted by molar-refractivity contribution is 0.432. The van der Waals surface area contributed by atoms with Gasteiger partial charge in [0.25, 0.3) is 5.89 Å². The van der Waals surface area contributed by atoms with Crippen LogP contribution < -0.4 is 5.73 Å². The molecule has 21 heavy (non-hydrogen) atoms. The molecule has 0 radical (unpaired) electrons. The lowest BCUT2D eigenvalue weighted by atomic mass is 10.1. The summed E-state index contributed by atoms with van der Waals surface area (Å²) in [6.45, 7) is 0. The van der Waals surface area contributed by atoms with E-state index in [1.807, 2.05) is 0 Å². The monoisotopic (exact) mass is 323 g/mol. The molecular formula is C14H8Cl2FN3O. The highest BCUT2D eigenvalue weighted by atomic mass is 35.5. The Morgan fingerprint density at radius 3 is 2.62 bits per heavy atom. The van der Waals surface area contributed by atoms with Gasteiger partial charge in [-0.25, -0.2) is 4.39 Å². The van der Waals surface area contributed by atoms with E-state index in [1.165, 1.54) is 12.1 Å². The van der Waals surface area contributed by atoms with Gasteiger partial charge < -0.3 is 10.3 Å². The third-order valence-electron chi connectivity index (χ3n) is 2.87. The molecule has 0 aliphatic rings. The molecule has 0 saturated carbocycles. The lowest BCUT2D eigenvalue weighted by Crippen LogP contribution is -1.92. The molecule has 2 aromatic carbocycles. The number of aromatic nitrogens is 2. The van der Waals surface area contributed by atoms with Crippen LogP contribution in [0.1, 0.15) is 0 Å². The van der Waals surface area contributed by atoms with Gasteiger partial charge in [-0.3, -0.25) is 0 Å². The van der Waals surface area contributed by atoms with Crippen LogP contribution in [0.3, 0.4) is 0 Å². The Morgan fingerprint density at radius 1 is 1.10 bits per heavy atom. The number of hydrogen-bond donors (Lipinski definition) is 1. The molecule has 0 bridgehead atoms. The van der Waals surface area contributed by atoms with Gasteiger partial charge in [-0.1, -0.05) is 40.5 Å². The highest BCUT2D eigenvalue weighted by molar-refractivity contribution is 6.37. The highest BCUT2D eigenvalue weighted by Crippen LogP contribution is 2.34. The Morgan fingerprint density at radius 2 is 1.86 bits per heavy atom. The number of benzene rings is 2. The van der Waals surface area contributed by atoms with E-state index in [-0.39, 0.29) is 28.0 Å². The Kier molecular flexibility index (Phi) is 3.53. The normalized spacial score (nSPS) is 10.8. The van der Waals surface area contributed by atoms with E-state index in [1.54, 1.807) is 24.3 Å². The van der Waals surface area contributed by atoms with Gasteiger partial charge in [-0.15, -0.1) is 0 Å². The van der Waals surface area contributed by atoms with Gasteiger partial charge in [0.1, 0.15) is 5.82 Å². The minimum absolute atomic E-state index is 0.121. The Labute approximate surface area is 129 Å². The molecule has 3 aromatic rings. The van der Waals surface area contributed by atoms with Crippen molar-refractivity contribution in [1.82, 2.24) is 10.1 Å². The molecule has 0 saturated heterocycles. The highest BCUT2D eigenvalue weighted by Gasteiger charge is 2.17. The molecule has 4 nitrogen and oxygen atoms in total. The molecule has 0 spiro atoms. The Balaban J connectivity index is 2.09. The van der Waals surface area contributed by atoms with Crippen LogP contribution in [0.25, 0.3) is 22.8 Å². The quantitative estimate of drug-likeness (QED) is 0.708. The molecule has 1 heterocycles. The molecule has 106 valence electrons. The fourth-order valence-corrected chi connectivity index (χ4v) is 2.34. The van der Waals surface area contributed by atoms with Gasteiger partial charge in [-0.2, -0.15) is 4.98 Å². The number of nitrogen functional groups attached to an aromatic ring is 1. The molecule has 0 amide bonds. The van der Waals surface area contributed by atoms with E-state index in [9.17, 15) is 4.39 Å². The molecule has 7 heteroatoms. The van der Waals surface area contributed by atoms with Crippen LogP contribution in [0.5, 0.6) is 0 Å². The van der Waals surface area contributed by atoms with Crippen molar-refractivity contribution in [2.45, 2.75) is 0 Å². The number of halogens is 3. The third kappa shape index (κ3) is 2.57. The van der Waals surface area contributed by atoms with Crippen molar-refractivity contribution in [3.63, 3.8) is 0 Å². The van der Waals surface area contributed by atoms with Crippen molar-refractivity contribution in [1.29, 1.82) is 0 Å². The first-order valence-corrected chi connectivity index (χ1v) is 6.65. The maximum absolute atomic E-state index is 13.7. The summed E-state index contributed by atoms with van der Waals surface area (Å²) in [5, 5.41) is 4.42. The van der Waals surface area contributed by atoms with E-state index in [2.05, 4.69) is 10.1 Å². The van der Waals surface area contributed by atoms with Crippen molar-refractivity contribution in [2.24, 2.45) is 0 Å². The first-order valence-electron chi connectivity index (χ1n) is 5.90. The lowest BCUT2D eigenvalue weighted by Gasteiger charge is -2.03. The van der Waals surface area contributed by atoms with Gasteiger partial charge in [-0.05, 0) is 24.3 Å². The van der Waals surface area contributed by atoms with Crippen molar-refractivity contribution in [3.8, 4) is 22.8 Å². The van der Waals surface area contributed by atoms with Crippen LogP contribution in [-0.4, -0.2) is 10.1 Å². The van der Waals surface area contributed by atoms with Gasteiger partial charge in [0.05, 0.1) is 21.8 Å². The smallest absolute Gasteiger partial charge is 0.260 e. The van der Waals surface area contributed by atoms with E-state index in [0.29, 0.717) is 10.6 Å². The van der Waals surface area contributed by atoms with Crippen LogP contribution >= 0.6 is 23.2 Å². The van der Waals surface area contributed by atoms with Crippen LogP contribution in [0.4, 0.5) is 10.1 Å². The van der Waals surface area contributed by atoms with Crippen LogP contribution in [-0.2, 0) is 0 Å². The minimum Gasteiger partial charge on any atom is -0.397 e. The van der Waals surface area contributed by atoms with Crippen molar-refractivity contribution < 1.29 is 8.91 Å². The maximum Gasteiger partial charge on any atom is 0.260 e. The SMILES string of the molecule is Nc1c(Cl)cc(Cl)cc1-c1nc(-c2ccccc2F)no1. The summed E-state index contributed by atoms with van der Waals surface area (Å²) in [6.07, 6.45) is 0. The fourth-order valence-electron chi connectivity index (χ4n) is 1.85. The molecule has 0 fully saturated rings. The van der Waals surface area contributed by atoms with Crippen molar-refractivity contribution >= 4 is 28.9 Å². The van der Waals surface area contributed by atoms with Gasteiger partial charge >= 0.3 is 0 Å². The maximum atomic E-state index is 13.7. The molecule has 0 atom stereocenters. The summed E-state index contributed by atoms with van der Waals surface area (Å²) < 4.78 is 18.8. The molecule has 0 aliphatic heterocycles. The second kappa shape index (κ2) is 5.35. The second-order valence-corrected chi connectivity index (χ2v) is 5.10. The second-order valence-electron chi connectivity index (χ2n) is 4.25. The predicted molar refractivity (Wildman–Crippen MR) is 79.6 cm³/mol. The van der Waals surface area contributed by atoms with Crippen LogP contribution in [0.15, 0.2) is 40.9 Å². The van der Waals surface area contributed by atoms with Gasteiger partial charge in [0.15, 0.2) is 0 Å². The zero-order chi connectivity index (χ0) is 15.0. The number of hydrogen-bond acceptors (Lipinski definition) is 4. The summed E-state index contributed by atoms with van der Waals surface area (Å²) in [7, 11) is 0. The van der Waals surface area contributed by atoms with Gasteiger partial charge in [0, 0.05) is 5.02 Å². The van der Waals surface area contributed by atoms with E-state index >= 15 is 0 Å². The van der Waals surface area contributed by atoms with E-state index < -0.39 is 5.82 Å². The summed E-state index contributed by atoms with van der Waals surface area (Å²) in [5.74, 6) is -0.198. The minimum atomic E-state index is -0.443. The standard InChI is InChI=1S/C14H8Cl2FN3O/c15-7-5-9(12(18)10(16)6-7)14-19-13(20-21-14)8-3-1-2-4-11(8)17/h1-6H,18H2. The zero-order valence-electron chi connectivity index (χ0n) is 10.5. The molecule has 1 aromatic heterocycles. The first kappa shape index (κ1) is 13.9. The zero-order valence-corrected chi connectivity index (χ0v) is 12.0. The van der Waals surface area contributed by atoms with Crippen LogP contribution in [0, 0.1) is 5.82 Å². The summed E-state index contributed by atoms with van der Waals surface area (Å²) in [4.78, 5) is 4.14. The van der Waals surface area contributed by atoms with E-state index in [4.69, 9.17) is 33.5 Å². The number of anilines is 1. The number of nitrogens with zero attached hydrogens (tertiary/aromatic N) is 2. The fraction of sp³-hybridized carbons (Fsp3) is 0. The topological polar surface area (TPSA) is 64.9 Å². The Hall–Kier alpha value is -2.11. The van der Waals surface area contributed by atoms with Crippen molar-refractivity contribution in [3.05, 3.63) is 52.3 Å².